The summed E-state index contributed by atoms with van der Waals surface area (Å²) in [5.41, 5.74) is -0.315. The Kier molecular flexibility index (Phi) is 11.3. The van der Waals surface area contributed by atoms with Gasteiger partial charge < -0.3 is 29.0 Å². The van der Waals surface area contributed by atoms with Gasteiger partial charge in [-0.25, -0.2) is 9.59 Å². The number of rotatable bonds is 10. The van der Waals surface area contributed by atoms with E-state index in [0.29, 0.717) is 12.8 Å². The fourth-order valence-corrected chi connectivity index (χ4v) is 7.05. The van der Waals surface area contributed by atoms with Gasteiger partial charge in [-0.05, 0) is 70.1 Å². The number of carbonyl (C=O) groups is 5. The molecule has 0 radical (unpaired) electrons. The van der Waals surface area contributed by atoms with E-state index in [9.17, 15) is 24.0 Å². The molecule has 1 heterocycles. The van der Waals surface area contributed by atoms with Gasteiger partial charge in [-0.2, -0.15) is 0 Å². The Balaban J connectivity index is 1.78. The molecule has 0 spiro atoms. The largest absolute Gasteiger partial charge is 0.465 e. The van der Waals surface area contributed by atoms with Crippen LogP contribution in [0.1, 0.15) is 93.4 Å². The van der Waals surface area contributed by atoms with E-state index < -0.39 is 47.8 Å². The molecular formula is C33H49NO10. The number of alkyl carbamates (subject to hydrolysis) is 1. The highest BCUT2D eigenvalue weighted by atomic mass is 16.6. The Morgan fingerprint density at radius 3 is 2.36 bits per heavy atom. The average Bonchev–Trinajstić information content (AvgIpc) is 3.29. The van der Waals surface area contributed by atoms with Crippen LogP contribution < -0.4 is 5.32 Å². The summed E-state index contributed by atoms with van der Waals surface area (Å²) in [7, 11) is 0. The lowest BCUT2D eigenvalue weighted by atomic mass is 9.46. The number of hydrogen-bond donors (Lipinski definition) is 1. The van der Waals surface area contributed by atoms with Gasteiger partial charge in [0.2, 0.25) is 0 Å². The van der Waals surface area contributed by atoms with Crippen molar-refractivity contribution < 1.29 is 47.7 Å². The SMILES string of the molecule is C=C1CCC2[C@](C)(COC(=O)CC)[C@H](OC(=O)CC)CC[C@]2(C)[C@H]1C/C=C1/C(=O)OC[C@H]1OC(=O)CNC(=O)OC(C)(C)C. The summed E-state index contributed by atoms with van der Waals surface area (Å²) in [6.07, 6.45) is 3.59. The van der Waals surface area contributed by atoms with E-state index in [4.69, 9.17) is 23.7 Å². The molecule has 1 N–H and O–H groups in total. The number of carbonyl (C=O) groups excluding carboxylic acids is 5. The number of hydrogen-bond acceptors (Lipinski definition) is 10. The second-order valence-corrected chi connectivity index (χ2v) is 13.5. The molecule has 0 aromatic carbocycles. The Morgan fingerprint density at radius 1 is 1.05 bits per heavy atom. The Morgan fingerprint density at radius 2 is 1.73 bits per heavy atom. The molecule has 2 saturated carbocycles. The molecule has 1 unspecified atom stereocenters. The fraction of sp³-hybridized carbons (Fsp3) is 0.727. The molecule has 44 heavy (non-hydrogen) atoms. The maximum absolute atomic E-state index is 12.7. The van der Waals surface area contributed by atoms with Crippen LogP contribution in [0.15, 0.2) is 23.8 Å². The zero-order valence-corrected chi connectivity index (χ0v) is 27.2. The number of allylic oxidation sites excluding steroid dienone is 2. The molecule has 1 amide bonds. The monoisotopic (exact) mass is 619 g/mol. The molecule has 0 bridgehead atoms. The van der Waals surface area contributed by atoms with Crippen LogP contribution in [0.2, 0.25) is 0 Å². The van der Waals surface area contributed by atoms with Crippen LogP contribution >= 0.6 is 0 Å². The van der Waals surface area contributed by atoms with Crippen molar-refractivity contribution in [2.45, 2.75) is 111 Å². The van der Waals surface area contributed by atoms with E-state index in [0.717, 1.165) is 24.8 Å². The average molecular weight is 620 g/mol. The smallest absolute Gasteiger partial charge is 0.408 e. The van der Waals surface area contributed by atoms with Gasteiger partial charge in [0.05, 0.1) is 5.57 Å². The van der Waals surface area contributed by atoms with Crippen molar-refractivity contribution in [3.05, 3.63) is 23.8 Å². The first-order valence-corrected chi connectivity index (χ1v) is 15.6. The van der Waals surface area contributed by atoms with Gasteiger partial charge in [0.1, 0.15) is 31.5 Å². The van der Waals surface area contributed by atoms with Gasteiger partial charge >= 0.3 is 30.0 Å². The van der Waals surface area contributed by atoms with Gasteiger partial charge in [0.25, 0.3) is 0 Å². The lowest BCUT2D eigenvalue weighted by molar-refractivity contribution is -0.193. The number of amides is 1. The highest BCUT2D eigenvalue weighted by molar-refractivity contribution is 5.92. The van der Waals surface area contributed by atoms with E-state index in [2.05, 4.69) is 18.8 Å². The predicted molar refractivity (Wildman–Crippen MR) is 160 cm³/mol. The number of cyclic esters (lactones) is 1. The van der Waals surface area contributed by atoms with Crippen molar-refractivity contribution in [2.24, 2.45) is 22.7 Å². The van der Waals surface area contributed by atoms with Gasteiger partial charge in [0.15, 0.2) is 6.10 Å². The Bertz CT molecular complexity index is 1170. The van der Waals surface area contributed by atoms with Crippen molar-refractivity contribution in [1.29, 1.82) is 0 Å². The zero-order chi connectivity index (χ0) is 32.9. The molecule has 3 aliphatic rings. The minimum atomic E-state index is -0.904. The van der Waals surface area contributed by atoms with Gasteiger partial charge in [-0.3, -0.25) is 14.4 Å². The Labute approximate surface area is 260 Å². The number of ether oxygens (including phenoxy) is 5. The van der Waals surface area contributed by atoms with E-state index in [1.807, 2.05) is 6.92 Å². The third-order valence-corrected chi connectivity index (χ3v) is 9.28. The normalized spacial score (nSPS) is 31.0. The first-order chi connectivity index (χ1) is 20.5. The van der Waals surface area contributed by atoms with Crippen molar-refractivity contribution in [1.82, 2.24) is 5.32 Å². The van der Waals surface area contributed by atoms with E-state index in [-0.39, 0.29) is 60.8 Å². The second kappa shape index (κ2) is 14.2. The molecule has 2 aliphatic carbocycles. The Hall–Kier alpha value is -3.37. The molecule has 3 rings (SSSR count). The molecule has 246 valence electrons. The summed E-state index contributed by atoms with van der Waals surface area (Å²) in [4.78, 5) is 61.6. The molecule has 11 heteroatoms. The third kappa shape index (κ3) is 8.21. The maximum atomic E-state index is 12.7. The number of nitrogens with one attached hydrogen (secondary N) is 1. The quantitative estimate of drug-likeness (QED) is 0.154. The topological polar surface area (TPSA) is 144 Å². The number of esters is 4. The maximum Gasteiger partial charge on any atom is 0.408 e. The van der Waals surface area contributed by atoms with Crippen LogP contribution in [0.25, 0.3) is 0 Å². The van der Waals surface area contributed by atoms with Crippen LogP contribution in [0.5, 0.6) is 0 Å². The van der Waals surface area contributed by atoms with Crippen LogP contribution in [-0.4, -0.2) is 67.5 Å². The summed E-state index contributed by atoms with van der Waals surface area (Å²) in [5.74, 6) is -1.86. The predicted octanol–water partition coefficient (Wildman–Crippen LogP) is 4.96. The highest BCUT2D eigenvalue weighted by Crippen LogP contribution is 2.62. The van der Waals surface area contributed by atoms with Crippen LogP contribution in [0.3, 0.4) is 0 Å². The van der Waals surface area contributed by atoms with Crippen molar-refractivity contribution in [2.75, 3.05) is 19.8 Å². The molecule has 11 nitrogen and oxygen atoms in total. The van der Waals surface area contributed by atoms with Crippen LogP contribution in [0, 0.1) is 22.7 Å². The van der Waals surface area contributed by atoms with Crippen molar-refractivity contribution in [3.8, 4) is 0 Å². The fourth-order valence-electron chi connectivity index (χ4n) is 7.05. The standard InChI is InChI=1S/C33H49NO10/c1-9-26(35)41-19-33(8)24-14-11-20(3)22(32(24,7)16-15-25(33)43-27(36)10-2)13-12-21-23(18-40-29(21)38)42-28(37)17-34-30(39)44-31(4,5)6/h12,22-25H,3,9-11,13-19H2,1-2,4-8H3,(H,34,39)/b21-12+/t22-,23+,24?,25+,32+,33-/m0/s1. The van der Waals surface area contributed by atoms with Crippen molar-refractivity contribution >= 4 is 30.0 Å². The zero-order valence-electron chi connectivity index (χ0n) is 27.2. The lowest BCUT2D eigenvalue weighted by Crippen LogP contribution is -2.58. The molecule has 3 fully saturated rings. The summed E-state index contributed by atoms with van der Waals surface area (Å²) in [5, 5.41) is 2.36. The minimum Gasteiger partial charge on any atom is -0.465 e. The van der Waals surface area contributed by atoms with Crippen LogP contribution in [0.4, 0.5) is 4.79 Å². The molecule has 1 aliphatic heterocycles. The lowest BCUT2D eigenvalue weighted by Gasteiger charge is -2.60. The summed E-state index contributed by atoms with van der Waals surface area (Å²) in [6.45, 7) is 16.9. The van der Waals surface area contributed by atoms with E-state index in [1.165, 1.54) is 0 Å². The first kappa shape index (κ1) is 35.1. The van der Waals surface area contributed by atoms with Gasteiger partial charge in [0, 0.05) is 18.3 Å². The third-order valence-electron chi connectivity index (χ3n) is 9.28. The van der Waals surface area contributed by atoms with E-state index >= 15 is 0 Å². The summed E-state index contributed by atoms with van der Waals surface area (Å²) < 4.78 is 27.5. The first-order valence-electron chi connectivity index (χ1n) is 15.6. The van der Waals surface area contributed by atoms with E-state index in [1.54, 1.807) is 40.7 Å². The molecule has 1 saturated heterocycles. The molecule has 0 aromatic heterocycles. The van der Waals surface area contributed by atoms with Gasteiger partial charge in [-0.15, -0.1) is 0 Å². The summed E-state index contributed by atoms with van der Waals surface area (Å²) in [6, 6.07) is 0. The summed E-state index contributed by atoms with van der Waals surface area (Å²) >= 11 is 0. The second-order valence-electron chi connectivity index (χ2n) is 13.5. The highest BCUT2D eigenvalue weighted by Gasteiger charge is 2.59. The van der Waals surface area contributed by atoms with Crippen LogP contribution in [-0.2, 0) is 42.9 Å². The molecular weight excluding hydrogens is 570 g/mol. The van der Waals surface area contributed by atoms with Gasteiger partial charge in [-0.1, -0.05) is 45.9 Å². The van der Waals surface area contributed by atoms with Crippen molar-refractivity contribution in [3.63, 3.8) is 0 Å². The minimum absolute atomic E-state index is 0.0311. The molecule has 6 atom stereocenters. The number of fused-ring (bicyclic) bond motifs is 1. The molecule has 0 aromatic rings.